The predicted octanol–water partition coefficient (Wildman–Crippen LogP) is 3.69. The van der Waals surface area contributed by atoms with Gasteiger partial charge >= 0.3 is 6.09 Å². The first-order valence-electron chi connectivity index (χ1n) is 8.11. The minimum absolute atomic E-state index is 0.183. The minimum atomic E-state index is -0.575. The SMILES string of the molecule is CC(C)(C)OC(=O)N1CCc2cc(OCc3cnco3)cc(F)c2C1. The molecule has 134 valence electrons. The van der Waals surface area contributed by atoms with Gasteiger partial charge in [0, 0.05) is 18.2 Å². The van der Waals surface area contributed by atoms with Crippen molar-refractivity contribution in [1.82, 2.24) is 9.88 Å². The number of rotatable bonds is 3. The number of amides is 1. The summed E-state index contributed by atoms with van der Waals surface area (Å²) in [5.41, 5.74) is 0.769. The molecule has 0 bridgehead atoms. The normalized spacial score (nSPS) is 14.2. The van der Waals surface area contributed by atoms with Gasteiger partial charge in [0.15, 0.2) is 12.2 Å². The molecule has 2 aromatic rings. The van der Waals surface area contributed by atoms with E-state index in [2.05, 4.69) is 4.98 Å². The molecular weight excluding hydrogens is 327 g/mol. The molecule has 1 aliphatic rings. The molecule has 1 aromatic heterocycles. The maximum atomic E-state index is 14.5. The molecule has 2 heterocycles. The first kappa shape index (κ1) is 17.3. The summed E-state index contributed by atoms with van der Waals surface area (Å²) in [6, 6.07) is 3.13. The Balaban J connectivity index is 1.70. The van der Waals surface area contributed by atoms with E-state index in [1.54, 1.807) is 12.3 Å². The maximum Gasteiger partial charge on any atom is 0.410 e. The van der Waals surface area contributed by atoms with Crippen LogP contribution < -0.4 is 4.74 Å². The minimum Gasteiger partial charge on any atom is -0.485 e. The second kappa shape index (κ2) is 6.74. The number of hydrogen-bond donors (Lipinski definition) is 0. The van der Waals surface area contributed by atoms with Crippen LogP contribution in [0.15, 0.2) is 29.1 Å². The first-order chi connectivity index (χ1) is 11.8. The molecule has 3 rings (SSSR count). The van der Waals surface area contributed by atoms with Crippen LogP contribution in [-0.4, -0.2) is 28.1 Å². The van der Waals surface area contributed by atoms with E-state index in [1.165, 1.54) is 17.4 Å². The zero-order chi connectivity index (χ0) is 18.0. The lowest BCUT2D eigenvalue weighted by molar-refractivity contribution is 0.0221. The molecule has 0 radical (unpaired) electrons. The Kier molecular flexibility index (Phi) is 4.65. The number of oxazole rings is 1. The van der Waals surface area contributed by atoms with Gasteiger partial charge in [-0.25, -0.2) is 14.2 Å². The highest BCUT2D eigenvalue weighted by atomic mass is 19.1. The van der Waals surface area contributed by atoms with Crippen LogP contribution in [0.2, 0.25) is 0 Å². The number of carbonyl (C=O) groups is 1. The van der Waals surface area contributed by atoms with Gasteiger partial charge in [0.25, 0.3) is 0 Å². The summed E-state index contributed by atoms with van der Waals surface area (Å²) in [5, 5.41) is 0. The molecule has 6 nitrogen and oxygen atoms in total. The summed E-state index contributed by atoms with van der Waals surface area (Å²) < 4.78 is 30.5. The van der Waals surface area contributed by atoms with Gasteiger partial charge in [0.05, 0.1) is 12.7 Å². The molecule has 0 aliphatic carbocycles. The topological polar surface area (TPSA) is 64.8 Å². The van der Waals surface area contributed by atoms with E-state index in [9.17, 15) is 9.18 Å². The monoisotopic (exact) mass is 348 g/mol. The third-order valence-electron chi connectivity index (χ3n) is 3.78. The van der Waals surface area contributed by atoms with E-state index in [0.717, 1.165) is 5.56 Å². The summed E-state index contributed by atoms with van der Waals surface area (Å²) in [6.07, 6.45) is 2.98. The van der Waals surface area contributed by atoms with Crippen molar-refractivity contribution in [2.24, 2.45) is 0 Å². The van der Waals surface area contributed by atoms with Crippen LogP contribution in [0.3, 0.4) is 0 Å². The Labute approximate surface area is 145 Å². The van der Waals surface area contributed by atoms with Gasteiger partial charge in [-0.2, -0.15) is 0 Å². The van der Waals surface area contributed by atoms with Crippen molar-refractivity contribution in [3.05, 3.63) is 47.4 Å². The fraction of sp³-hybridized carbons (Fsp3) is 0.444. The zero-order valence-electron chi connectivity index (χ0n) is 14.5. The third-order valence-corrected chi connectivity index (χ3v) is 3.78. The highest BCUT2D eigenvalue weighted by Crippen LogP contribution is 2.28. The molecule has 25 heavy (non-hydrogen) atoms. The third kappa shape index (κ3) is 4.29. The van der Waals surface area contributed by atoms with Crippen LogP contribution in [-0.2, 0) is 24.3 Å². The molecule has 1 aromatic carbocycles. The molecule has 0 atom stereocenters. The van der Waals surface area contributed by atoms with E-state index < -0.39 is 17.5 Å². The van der Waals surface area contributed by atoms with Crippen molar-refractivity contribution in [2.45, 2.75) is 45.9 Å². The Morgan fingerprint density at radius 1 is 1.40 bits per heavy atom. The van der Waals surface area contributed by atoms with E-state index in [1.807, 2.05) is 20.8 Å². The van der Waals surface area contributed by atoms with Gasteiger partial charge in [0.1, 0.15) is 23.8 Å². The highest BCUT2D eigenvalue weighted by molar-refractivity contribution is 5.68. The van der Waals surface area contributed by atoms with Crippen LogP contribution in [0.25, 0.3) is 0 Å². The zero-order valence-corrected chi connectivity index (χ0v) is 14.5. The second-order valence-corrected chi connectivity index (χ2v) is 6.95. The fourth-order valence-corrected chi connectivity index (χ4v) is 2.62. The van der Waals surface area contributed by atoms with Crippen LogP contribution in [0.1, 0.15) is 37.7 Å². The Bertz CT molecular complexity index is 753. The standard InChI is InChI=1S/C18H21FN2O4/c1-18(2,3)25-17(22)21-5-4-12-6-13(7-16(19)15(12)9-21)23-10-14-8-20-11-24-14/h6-8,11H,4-5,9-10H2,1-3H3. The fourth-order valence-electron chi connectivity index (χ4n) is 2.62. The Hall–Kier alpha value is -2.57. The number of nitrogens with zero attached hydrogens (tertiary/aromatic N) is 2. The number of aromatic nitrogens is 1. The molecule has 7 heteroatoms. The van der Waals surface area contributed by atoms with Crippen LogP contribution >= 0.6 is 0 Å². The molecule has 0 saturated heterocycles. The molecule has 0 saturated carbocycles. The molecule has 0 unspecified atom stereocenters. The van der Waals surface area contributed by atoms with Crippen molar-refractivity contribution >= 4 is 6.09 Å². The average molecular weight is 348 g/mol. The second-order valence-electron chi connectivity index (χ2n) is 6.95. The lowest BCUT2D eigenvalue weighted by Gasteiger charge is -2.31. The number of fused-ring (bicyclic) bond motifs is 1. The maximum absolute atomic E-state index is 14.5. The van der Waals surface area contributed by atoms with Gasteiger partial charge in [-0.05, 0) is 38.8 Å². The van der Waals surface area contributed by atoms with Gasteiger partial charge in [-0.15, -0.1) is 0 Å². The van der Waals surface area contributed by atoms with Crippen LogP contribution in [0.5, 0.6) is 5.75 Å². The number of ether oxygens (including phenoxy) is 2. The lowest BCUT2D eigenvalue weighted by Crippen LogP contribution is -2.40. The van der Waals surface area contributed by atoms with Crippen molar-refractivity contribution < 1.29 is 23.1 Å². The summed E-state index contributed by atoms with van der Waals surface area (Å²) >= 11 is 0. The summed E-state index contributed by atoms with van der Waals surface area (Å²) in [5.74, 6) is 0.603. The van der Waals surface area contributed by atoms with Gasteiger partial charge in [-0.3, -0.25) is 0 Å². The average Bonchev–Trinajstić information content (AvgIpc) is 3.04. The van der Waals surface area contributed by atoms with Crippen molar-refractivity contribution in [3.8, 4) is 5.75 Å². The predicted molar refractivity (Wildman–Crippen MR) is 87.6 cm³/mol. The first-order valence-corrected chi connectivity index (χ1v) is 8.11. The van der Waals surface area contributed by atoms with E-state index in [-0.39, 0.29) is 13.2 Å². The quantitative estimate of drug-likeness (QED) is 0.846. The summed E-state index contributed by atoms with van der Waals surface area (Å²) in [4.78, 5) is 17.5. The number of hydrogen-bond acceptors (Lipinski definition) is 5. The van der Waals surface area contributed by atoms with E-state index in [4.69, 9.17) is 13.9 Å². The van der Waals surface area contributed by atoms with Crippen molar-refractivity contribution in [2.75, 3.05) is 6.54 Å². The highest BCUT2D eigenvalue weighted by Gasteiger charge is 2.27. The number of halogens is 1. The summed E-state index contributed by atoms with van der Waals surface area (Å²) in [7, 11) is 0. The largest absolute Gasteiger partial charge is 0.485 e. The lowest BCUT2D eigenvalue weighted by atomic mass is 9.99. The molecule has 0 N–H and O–H groups in total. The van der Waals surface area contributed by atoms with E-state index >= 15 is 0 Å². The number of carbonyl (C=O) groups excluding carboxylic acids is 1. The van der Waals surface area contributed by atoms with E-state index in [0.29, 0.717) is 30.0 Å². The van der Waals surface area contributed by atoms with Gasteiger partial charge in [-0.1, -0.05) is 0 Å². The van der Waals surface area contributed by atoms with Crippen LogP contribution in [0, 0.1) is 5.82 Å². The smallest absolute Gasteiger partial charge is 0.410 e. The Morgan fingerprint density at radius 2 is 2.20 bits per heavy atom. The van der Waals surface area contributed by atoms with Crippen molar-refractivity contribution in [1.29, 1.82) is 0 Å². The van der Waals surface area contributed by atoms with Gasteiger partial charge < -0.3 is 18.8 Å². The molecule has 0 spiro atoms. The Morgan fingerprint density at radius 3 is 2.88 bits per heavy atom. The molecule has 0 fully saturated rings. The molecule has 1 aliphatic heterocycles. The van der Waals surface area contributed by atoms with Gasteiger partial charge in [0.2, 0.25) is 0 Å². The van der Waals surface area contributed by atoms with Crippen LogP contribution in [0.4, 0.5) is 9.18 Å². The molecular formula is C18H21FN2O4. The van der Waals surface area contributed by atoms with Crippen molar-refractivity contribution in [3.63, 3.8) is 0 Å². The molecule has 1 amide bonds. The number of benzene rings is 1. The summed E-state index contributed by atoms with van der Waals surface area (Å²) in [6.45, 7) is 6.28.